The average Bonchev–Trinajstić information content (AvgIpc) is 2.78. The molecule has 0 aliphatic rings. The highest BCUT2D eigenvalue weighted by molar-refractivity contribution is 6.84. The van der Waals surface area contributed by atoms with Crippen LogP contribution in [0.5, 0.6) is 0 Å². The van der Waals surface area contributed by atoms with Crippen molar-refractivity contribution in [2.24, 2.45) is 0 Å². The molecule has 12 nitrogen and oxygen atoms in total. The Balaban J connectivity index is -0.000000213. The molecule has 4 unspecified atom stereocenters. The molecule has 0 aromatic heterocycles. The van der Waals surface area contributed by atoms with E-state index in [9.17, 15) is 0 Å². The molecular formula is C42H134O12Si12. The van der Waals surface area contributed by atoms with E-state index >= 15 is 0 Å². The van der Waals surface area contributed by atoms with Gasteiger partial charge < -0.3 is 50.6 Å². The highest BCUT2D eigenvalue weighted by Gasteiger charge is 2.50. The van der Waals surface area contributed by atoms with Crippen LogP contribution >= 0.6 is 0 Å². The van der Waals surface area contributed by atoms with Gasteiger partial charge in [0.1, 0.15) is 0 Å². The maximum atomic E-state index is 7.28. The van der Waals surface area contributed by atoms with E-state index in [1.165, 1.54) is 0 Å². The lowest BCUT2D eigenvalue weighted by Crippen LogP contribution is -2.62. The lowest BCUT2D eigenvalue weighted by Gasteiger charge is -2.47. The molecular weight excluding hydrogens is 1030 g/mol. The minimum Gasteiger partial charge on any atom is -0.440 e. The second-order valence-electron chi connectivity index (χ2n) is 19.1. The van der Waals surface area contributed by atoms with Gasteiger partial charge in [0.05, 0.1) is 24.4 Å². The minimum absolute atomic E-state index is 0. The maximum Gasteiger partial charge on any atom is 0.323 e. The topological polar surface area (TPSA) is 111 Å². The third kappa shape index (κ3) is 45.9. The molecule has 4 atom stereocenters. The van der Waals surface area contributed by atoms with Crippen LogP contribution in [0.25, 0.3) is 0 Å². The van der Waals surface area contributed by atoms with Crippen molar-refractivity contribution in [1.82, 2.24) is 0 Å². The first-order chi connectivity index (χ1) is 23.7. The molecule has 0 amide bonds. The van der Waals surface area contributed by atoms with E-state index in [4.69, 9.17) is 50.6 Å². The van der Waals surface area contributed by atoms with Crippen LogP contribution in [0.1, 0.15) is 103 Å². The van der Waals surface area contributed by atoms with Crippen LogP contribution in [-0.2, 0) is 50.6 Å². The third-order valence-electron chi connectivity index (χ3n) is 7.07. The van der Waals surface area contributed by atoms with E-state index in [0.717, 1.165) is 0 Å². The van der Waals surface area contributed by atoms with E-state index in [2.05, 4.69) is 171 Å². The first-order valence-electron chi connectivity index (χ1n) is 19.9. The summed E-state index contributed by atoms with van der Waals surface area (Å²) in [5.41, 5.74) is 0. The zero-order valence-corrected chi connectivity index (χ0v) is 52.1. The Bertz CT molecular complexity index is 1040. The van der Waals surface area contributed by atoms with Crippen molar-refractivity contribution in [2.45, 2.75) is 285 Å². The van der Waals surface area contributed by atoms with Gasteiger partial charge in [-0.05, 0) is 171 Å². The second-order valence-corrected chi connectivity index (χ2v) is 57.9. The van der Waals surface area contributed by atoms with E-state index in [1.807, 2.05) is 0 Å². The fourth-order valence-electron chi connectivity index (χ4n) is 7.38. The van der Waals surface area contributed by atoms with Crippen molar-refractivity contribution in [1.29, 1.82) is 0 Å². The Morgan fingerprint density at radius 3 is 0.515 bits per heavy atom. The molecule has 0 aromatic carbocycles. The Hall–Kier alpha value is 2.12. The van der Waals surface area contributed by atoms with Gasteiger partial charge in [0.25, 0.3) is 0 Å². The summed E-state index contributed by atoms with van der Waals surface area (Å²) in [6.45, 7) is 55.1. The summed E-state index contributed by atoms with van der Waals surface area (Å²) >= 11 is 0. The Morgan fingerprint density at radius 1 is 0.242 bits per heavy atom. The van der Waals surface area contributed by atoms with E-state index in [-0.39, 0.29) is 89.1 Å². The van der Waals surface area contributed by atoms with Gasteiger partial charge in [-0.2, -0.15) is 0 Å². The molecule has 0 saturated carbocycles. The van der Waals surface area contributed by atoms with Crippen LogP contribution in [0.2, 0.25) is 157 Å². The summed E-state index contributed by atoms with van der Waals surface area (Å²) in [4.78, 5) is 0. The quantitative estimate of drug-likeness (QED) is 0.0730. The number of hydrogen-bond acceptors (Lipinski definition) is 12. The maximum absolute atomic E-state index is 7.28. The van der Waals surface area contributed by atoms with E-state index < -0.39 is 129 Å². The number of rotatable bonds is 27. The number of hydrogen-bond donors (Lipinski definition) is 0. The molecule has 0 fully saturated rings. The molecule has 0 aliphatic carbocycles. The van der Waals surface area contributed by atoms with Crippen molar-refractivity contribution in [3.63, 3.8) is 0 Å². The van der Waals surface area contributed by atoms with Crippen LogP contribution in [0, 0.1) is 0 Å². The average molecular weight is 1170 g/mol. The van der Waals surface area contributed by atoms with Gasteiger partial charge in [-0.3, -0.25) is 0 Å². The summed E-state index contributed by atoms with van der Waals surface area (Å²) in [6, 6.07) is 0. The molecule has 0 aliphatic heterocycles. The SMILES string of the molecule is C.C.C.C.C.C.C.C.C.C.C.C.CC(O[Si](C)(C)O[Si](C)(C)O[SiH](C)C)C(O[Si](C)(C)O[Si](C)(C)O[SiH](C)C)C(O[Si](C)(C)O[Si](C)(C)O[SiH](C)C)C(C)O[Si](C)(C)O[Si](C)(C)O[SiH](C)C. The Morgan fingerprint density at radius 2 is 0.379 bits per heavy atom. The Labute approximate surface area is 437 Å². The fourth-order valence-corrected chi connectivity index (χ4v) is 51.8. The molecule has 0 rings (SSSR count). The molecule has 0 N–H and O–H groups in total. The van der Waals surface area contributed by atoms with Gasteiger partial charge in [-0.15, -0.1) is 0 Å². The Kier molecular flexibility index (Phi) is 60.6. The molecule has 0 heterocycles. The van der Waals surface area contributed by atoms with Gasteiger partial charge in [-0.25, -0.2) is 0 Å². The molecule has 0 radical (unpaired) electrons. The molecule has 0 spiro atoms. The van der Waals surface area contributed by atoms with E-state index in [0.29, 0.717) is 0 Å². The van der Waals surface area contributed by atoms with Crippen LogP contribution in [0.3, 0.4) is 0 Å². The zero-order valence-electron chi connectivity index (χ0n) is 39.5. The van der Waals surface area contributed by atoms with Gasteiger partial charge in [0.2, 0.25) is 0 Å². The van der Waals surface area contributed by atoms with Gasteiger partial charge in [-0.1, -0.05) is 89.1 Å². The zero-order chi connectivity index (χ0) is 43.1. The van der Waals surface area contributed by atoms with Crippen molar-refractivity contribution in [2.75, 3.05) is 0 Å². The molecule has 0 aromatic rings. The highest BCUT2D eigenvalue weighted by atomic mass is 28.5. The van der Waals surface area contributed by atoms with Crippen LogP contribution < -0.4 is 0 Å². The van der Waals surface area contributed by atoms with Gasteiger partial charge in [0.15, 0.2) is 36.2 Å². The van der Waals surface area contributed by atoms with Crippen molar-refractivity contribution in [3.8, 4) is 0 Å². The standard InChI is InChI=1S/C30H86O12Si12.12CH4/c1-27(31-47(11,12)39-51(19,20)35-43(3)4)29(33-49(15,16)41-53(23,24)37-45(7)8)30(34-50(17,18)42-54(25,26)38-46(9)10)28(2)32-48(13,14)40-52(21,22)36-44(5)6;;;;;;;;;;;;/h27-30,43-46H,1-26H3;12*1H4. The highest BCUT2D eigenvalue weighted by Crippen LogP contribution is 2.32. The summed E-state index contributed by atoms with van der Waals surface area (Å²) in [6.07, 6.45) is -2.16. The fraction of sp³-hybridized carbons (Fsp3) is 1.00. The van der Waals surface area contributed by atoms with Gasteiger partial charge >= 0.3 is 68.5 Å². The van der Waals surface area contributed by atoms with Crippen LogP contribution in [-0.4, -0.2) is 129 Å². The van der Waals surface area contributed by atoms with Gasteiger partial charge in [0, 0.05) is 0 Å². The summed E-state index contributed by atoms with van der Waals surface area (Å²) in [5.74, 6) is 0. The summed E-state index contributed by atoms with van der Waals surface area (Å²) < 4.78 is 81.7. The molecule has 422 valence electrons. The molecule has 0 saturated heterocycles. The lowest BCUT2D eigenvalue weighted by atomic mass is 10.1. The second kappa shape index (κ2) is 39.6. The summed E-state index contributed by atoms with van der Waals surface area (Å²) in [7, 11) is -26.6. The predicted molar refractivity (Wildman–Crippen MR) is 336 cm³/mol. The lowest BCUT2D eigenvalue weighted by molar-refractivity contribution is -0.0870. The van der Waals surface area contributed by atoms with Crippen LogP contribution in [0.4, 0.5) is 0 Å². The first kappa shape index (κ1) is 101. The third-order valence-corrected chi connectivity index (χ3v) is 43.0. The molecule has 0 bridgehead atoms. The first-order valence-corrected chi connectivity index (χ1v) is 53.6. The molecule has 66 heavy (non-hydrogen) atoms. The predicted octanol–water partition coefficient (Wildman–Crippen LogP) is 15.9. The van der Waals surface area contributed by atoms with Crippen molar-refractivity contribution in [3.05, 3.63) is 0 Å². The monoisotopic (exact) mass is 1170 g/mol. The van der Waals surface area contributed by atoms with Crippen molar-refractivity contribution >= 4 is 105 Å². The summed E-state index contributed by atoms with van der Waals surface area (Å²) in [5, 5.41) is 0. The normalized spacial score (nSPS) is 14.1. The smallest absolute Gasteiger partial charge is 0.323 e. The van der Waals surface area contributed by atoms with Crippen LogP contribution in [0.15, 0.2) is 0 Å². The van der Waals surface area contributed by atoms with E-state index in [1.54, 1.807) is 0 Å². The largest absolute Gasteiger partial charge is 0.440 e. The van der Waals surface area contributed by atoms with Crippen molar-refractivity contribution < 1.29 is 50.6 Å². The minimum atomic E-state index is -2.90. The molecule has 24 heteroatoms.